The zero-order chi connectivity index (χ0) is 22.4. The highest BCUT2D eigenvalue weighted by Gasteiger charge is 2.54. The first-order valence-corrected chi connectivity index (χ1v) is 11.2. The van der Waals surface area contributed by atoms with E-state index in [0.717, 1.165) is 16.8 Å². The number of fused-ring (bicyclic) bond motifs is 1. The Morgan fingerprint density at radius 2 is 1.74 bits per heavy atom. The number of nitrogens with zero attached hydrogens (tertiary/aromatic N) is 2. The zero-order valence-electron chi connectivity index (χ0n) is 17.8. The van der Waals surface area contributed by atoms with E-state index >= 15 is 0 Å². The maximum absolute atomic E-state index is 13.6. The van der Waals surface area contributed by atoms with Gasteiger partial charge in [-0.15, -0.1) is 0 Å². The summed E-state index contributed by atoms with van der Waals surface area (Å²) in [5.74, 6) is -1.15. The highest BCUT2D eigenvalue weighted by atomic mass is 32.1. The van der Waals surface area contributed by atoms with Crippen molar-refractivity contribution in [2.24, 2.45) is 17.6 Å². The summed E-state index contributed by atoms with van der Waals surface area (Å²) in [7, 11) is 0. The number of carbonyl (C=O) groups excluding carboxylic acids is 2. The summed E-state index contributed by atoms with van der Waals surface area (Å²) in [5, 5.41) is 24.8. The van der Waals surface area contributed by atoms with Crippen molar-refractivity contribution < 1.29 is 19.8 Å². The molecule has 3 fully saturated rings. The molecule has 0 aromatic heterocycles. The summed E-state index contributed by atoms with van der Waals surface area (Å²) in [6, 6.07) is 5.14. The molecule has 5 unspecified atom stereocenters. The third kappa shape index (κ3) is 4.02. The average molecular weight is 447 g/mol. The first-order valence-electron chi connectivity index (χ1n) is 10.8. The first-order chi connectivity index (χ1) is 14.7. The minimum absolute atomic E-state index is 0.0789. The van der Waals surface area contributed by atoms with E-state index in [1.165, 1.54) is 0 Å². The van der Waals surface area contributed by atoms with Gasteiger partial charge < -0.3 is 31.1 Å². The molecule has 1 aliphatic carbocycles. The second-order valence-electron chi connectivity index (χ2n) is 9.08. The Morgan fingerprint density at radius 3 is 2.32 bits per heavy atom. The number of primary amides is 1. The van der Waals surface area contributed by atoms with Gasteiger partial charge in [-0.2, -0.15) is 0 Å². The van der Waals surface area contributed by atoms with E-state index in [-0.39, 0.29) is 24.2 Å². The van der Waals surface area contributed by atoms with E-state index in [1.807, 2.05) is 30.9 Å². The number of aryl methyl sites for hydroxylation is 2. The molecular weight excluding hydrogens is 416 g/mol. The first kappa shape index (κ1) is 22.0. The van der Waals surface area contributed by atoms with Crippen LogP contribution in [0.2, 0.25) is 0 Å². The van der Waals surface area contributed by atoms with E-state index in [4.69, 9.17) is 18.0 Å². The standard InChI is InChI=1S/C22H30N4O4S/c1-11-7-12(2)9-14(8-11)26-18-15(10-16(27)19(28)17(18)24-22(26)31)21(30)25-5-3-13(4-6-25)20(23)29/h7-9,13,15-19,27-28H,3-6,10H2,1-2H3,(H2,23,29)(H,24,31). The Bertz CT molecular complexity index is 881. The van der Waals surface area contributed by atoms with Crippen molar-refractivity contribution in [3.05, 3.63) is 29.3 Å². The van der Waals surface area contributed by atoms with Crippen LogP contribution in [0.4, 0.5) is 5.69 Å². The Hall–Kier alpha value is -2.23. The van der Waals surface area contributed by atoms with Crippen LogP contribution in [0.15, 0.2) is 18.2 Å². The van der Waals surface area contributed by atoms with Crippen molar-refractivity contribution in [2.75, 3.05) is 18.0 Å². The molecule has 9 heteroatoms. The number of hydrogen-bond acceptors (Lipinski definition) is 5. The molecule has 1 aromatic carbocycles. The third-order valence-electron chi connectivity index (χ3n) is 6.86. The van der Waals surface area contributed by atoms with Gasteiger partial charge in [-0.25, -0.2) is 0 Å². The number of hydrogen-bond donors (Lipinski definition) is 4. The number of piperidine rings is 1. The summed E-state index contributed by atoms with van der Waals surface area (Å²) in [6.45, 7) is 4.93. The summed E-state index contributed by atoms with van der Waals surface area (Å²) in [5.41, 5.74) is 8.45. The highest BCUT2D eigenvalue weighted by molar-refractivity contribution is 7.80. The van der Waals surface area contributed by atoms with E-state index in [1.54, 1.807) is 4.90 Å². The Kier molecular flexibility index (Phi) is 5.93. The van der Waals surface area contributed by atoms with Gasteiger partial charge in [-0.3, -0.25) is 9.59 Å². The van der Waals surface area contributed by atoms with Crippen LogP contribution in [0, 0.1) is 25.7 Å². The van der Waals surface area contributed by atoms with Gasteiger partial charge in [-0.05, 0) is 68.6 Å². The summed E-state index contributed by atoms with van der Waals surface area (Å²) in [6.07, 6.45) is -0.797. The van der Waals surface area contributed by atoms with E-state index in [9.17, 15) is 19.8 Å². The minimum atomic E-state index is -1.02. The molecule has 1 saturated carbocycles. The van der Waals surface area contributed by atoms with Crippen molar-refractivity contribution in [2.45, 2.75) is 57.4 Å². The fourth-order valence-corrected chi connectivity index (χ4v) is 5.70. The molecule has 0 bridgehead atoms. The number of aliphatic hydroxyl groups is 2. The lowest BCUT2D eigenvalue weighted by Gasteiger charge is -2.44. The highest BCUT2D eigenvalue weighted by Crippen LogP contribution is 2.38. The van der Waals surface area contributed by atoms with Gasteiger partial charge in [-0.1, -0.05) is 6.07 Å². The topological polar surface area (TPSA) is 119 Å². The van der Waals surface area contributed by atoms with E-state index in [2.05, 4.69) is 11.4 Å². The van der Waals surface area contributed by atoms with Crippen molar-refractivity contribution >= 4 is 34.8 Å². The molecule has 2 aliphatic heterocycles. The van der Waals surface area contributed by atoms with E-state index < -0.39 is 30.2 Å². The number of aliphatic hydroxyl groups excluding tert-OH is 2. The minimum Gasteiger partial charge on any atom is -0.390 e. The molecule has 8 nitrogen and oxygen atoms in total. The number of likely N-dealkylation sites (tertiary alicyclic amines) is 1. The number of nitrogens with one attached hydrogen (secondary N) is 1. The number of thiocarbonyl (C=S) groups is 1. The fourth-order valence-electron chi connectivity index (χ4n) is 5.33. The van der Waals surface area contributed by atoms with Gasteiger partial charge in [0.2, 0.25) is 11.8 Å². The van der Waals surface area contributed by atoms with Gasteiger partial charge in [0.05, 0.1) is 24.1 Å². The largest absolute Gasteiger partial charge is 0.390 e. The third-order valence-corrected chi connectivity index (χ3v) is 7.17. The number of nitrogens with two attached hydrogens (primary N) is 1. The van der Waals surface area contributed by atoms with Crippen LogP contribution in [0.3, 0.4) is 0 Å². The molecule has 3 aliphatic rings. The second-order valence-corrected chi connectivity index (χ2v) is 9.47. The average Bonchev–Trinajstić information content (AvgIpc) is 3.06. The normalized spacial score (nSPS) is 31.4. The molecule has 0 radical (unpaired) electrons. The van der Waals surface area contributed by atoms with Crippen LogP contribution in [-0.4, -0.2) is 69.4 Å². The zero-order valence-corrected chi connectivity index (χ0v) is 18.6. The van der Waals surface area contributed by atoms with E-state index in [0.29, 0.717) is 31.0 Å². The monoisotopic (exact) mass is 446 g/mol. The lowest BCUT2D eigenvalue weighted by atomic mass is 9.76. The van der Waals surface area contributed by atoms with Gasteiger partial charge in [0.25, 0.3) is 0 Å². The van der Waals surface area contributed by atoms with Crippen LogP contribution in [0.25, 0.3) is 0 Å². The summed E-state index contributed by atoms with van der Waals surface area (Å²) in [4.78, 5) is 28.7. The van der Waals surface area contributed by atoms with Crippen LogP contribution >= 0.6 is 12.2 Å². The number of carbonyl (C=O) groups is 2. The second kappa shape index (κ2) is 8.37. The lowest BCUT2D eigenvalue weighted by Crippen LogP contribution is -2.61. The fraction of sp³-hybridized carbons (Fsp3) is 0.591. The van der Waals surface area contributed by atoms with Gasteiger partial charge in [0.15, 0.2) is 5.11 Å². The summed E-state index contributed by atoms with van der Waals surface area (Å²) >= 11 is 5.60. The Balaban J connectivity index is 1.64. The van der Waals surface area contributed by atoms with Gasteiger partial charge in [0.1, 0.15) is 6.10 Å². The lowest BCUT2D eigenvalue weighted by molar-refractivity contribution is -0.144. The number of rotatable bonds is 3. The number of benzene rings is 1. The maximum Gasteiger partial charge on any atom is 0.227 e. The predicted octanol–water partition coefficient (Wildman–Crippen LogP) is 0.201. The van der Waals surface area contributed by atoms with Crippen LogP contribution in [0.1, 0.15) is 30.4 Å². The van der Waals surface area contributed by atoms with Crippen molar-refractivity contribution in [3.63, 3.8) is 0 Å². The molecule has 2 heterocycles. The maximum atomic E-state index is 13.6. The molecule has 0 spiro atoms. The molecular formula is C22H30N4O4S. The quantitative estimate of drug-likeness (QED) is 0.490. The summed E-state index contributed by atoms with van der Waals surface area (Å²) < 4.78 is 0. The molecule has 2 saturated heterocycles. The van der Waals surface area contributed by atoms with Crippen molar-refractivity contribution in [1.29, 1.82) is 0 Å². The molecule has 1 aromatic rings. The smallest absolute Gasteiger partial charge is 0.227 e. The Labute approximate surface area is 187 Å². The number of amides is 2. The van der Waals surface area contributed by atoms with Crippen molar-refractivity contribution in [1.82, 2.24) is 10.2 Å². The SMILES string of the molecule is Cc1cc(C)cc(N2C(=S)NC3C(O)C(O)CC(C(=O)N4CCC(C(N)=O)CC4)C32)c1. The predicted molar refractivity (Wildman–Crippen MR) is 120 cm³/mol. The van der Waals surface area contributed by atoms with Crippen LogP contribution in [0.5, 0.6) is 0 Å². The molecule has 5 atom stereocenters. The van der Waals surface area contributed by atoms with Gasteiger partial charge >= 0.3 is 0 Å². The molecule has 4 rings (SSSR count). The molecule has 31 heavy (non-hydrogen) atoms. The van der Waals surface area contributed by atoms with Crippen molar-refractivity contribution in [3.8, 4) is 0 Å². The molecule has 168 valence electrons. The number of anilines is 1. The van der Waals surface area contributed by atoms with Gasteiger partial charge in [0, 0.05) is 24.7 Å². The van der Waals surface area contributed by atoms with Crippen LogP contribution < -0.4 is 16.0 Å². The Morgan fingerprint density at radius 1 is 1.13 bits per heavy atom. The van der Waals surface area contributed by atoms with Crippen LogP contribution in [-0.2, 0) is 9.59 Å². The molecule has 5 N–H and O–H groups in total. The molecule has 2 amide bonds.